The summed E-state index contributed by atoms with van der Waals surface area (Å²) in [7, 11) is -3.31. The summed E-state index contributed by atoms with van der Waals surface area (Å²) >= 11 is 0. The topological polar surface area (TPSA) is 72.2 Å². The number of benzene rings is 2. The lowest BCUT2D eigenvalue weighted by molar-refractivity contribution is 0.571. The molecule has 1 unspecified atom stereocenters. The van der Waals surface area contributed by atoms with Crippen LogP contribution in [0.3, 0.4) is 0 Å². The van der Waals surface area contributed by atoms with Crippen LogP contribution >= 0.6 is 12.4 Å². The fourth-order valence-corrected chi connectivity index (χ4v) is 3.09. The summed E-state index contributed by atoms with van der Waals surface area (Å²) in [6.45, 7) is 0.209. The zero-order chi connectivity index (χ0) is 15.1. The number of hydrogen-bond acceptors (Lipinski definition) is 3. The first-order chi connectivity index (χ1) is 10.1. The highest BCUT2D eigenvalue weighted by atomic mass is 35.5. The fourth-order valence-electron chi connectivity index (χ4n) is 2.00. The van der Waals surface area contributed by atoms with Gasteiger partial charge in [0.1, 0.15) is 0 Å². The molecule has 2 rings (SSSR count). The molecule has 1 atom stereocenters. The summed E-state index contributed by atoms with van der Waals surface area (Å²) in [6, 6.07) is 18.7. The third kappa shape index (κ3) is 6.15. The van der Waals surface area contributed by atoms with Crippen molar-refractivity contribution in [3.05, 3.63) is 71.8 Å². The molecule has 22 heavy (non-hydrogen) atoms. The molecule has 6 heteroatoms. The number of hydrogen-bond donors (Lipinski definition) is 2. The van der Waals surface area contributed by atoms with E-state index in [0.29, 0.717) is 6.42 Å². The van der Waals surface area contributed by atoms with Gasteiger partial charge in [-0.15, -0.1) is 12.4 Å². The molecule has 0 amide bonds. The highest BCUT2D eigenvalue weighted by molar-refractivity contribution is 7.89. The molecule has 0 fully saturated rings. The van der Waals surface area contributed by atoms with Crippen LogP contribution in [0.15, 0.2) is 60.7 Å². The smallest absolute Gasteiger partial charge is 0.211 e. The van der Waals surface area contributed by atoms with E-state index in [1.807, 2.05) is 60.7 Å². The summed E-state index contributed by atoms with van der Waals surface area (Å²) in [4.78, 5) is 0. The zero-order valence-corrected chi connectivity index (χ0v) is 13.8. The Bertz CT molecular complexity index is 648. The first-order valence-electron chi connectivity index (χ1n) is 6.88. The van der Waals surface area contributed by atoms with Crippen LogP contribution in [0.2, 0.25) is 0 Å². The van der Waals surface area contributed by atoms with Crippen molar-refractivity contribution < 1.29 is 8.42 Å². The summed E-state index contributed by atoms with van der Waals surface area (Å²) < 4.78 is 26.5. The van der Waals surface area contributed by atoms with E-state index in [0.717, 1.165) is 11.1 Å². The van der Waals surface area contributed by atoms with Crippen molar-refractivity contribution in [1.82, 2.24) is 4.72 Å². The minimum atomic E-state index is -3.31. The Morgan fingerprint density at radius 3 is 2.09 bits per heavy atom. The summed E-state index contributed by atoms with van der Waals surface area (Å²) in [5, 5.41) is 0. The van der Waals surface area contributed by atoms with Crippen LogP contribution in [-0.4, -0.2) is 20.7 Å². The fraction of sp³-hybridized carbons (Fsp3) is 0.250. The highest BCUT2D eigenvalue weighted by Gasteiger charge is 2.13. The Morgan fingerprint density at radius 2 is 1.50 bits per heavy atom. The number of rotatable bonds is 7. The third-order valence-corrected chi connectivity index (χ3v) is 4.60. The summed E-state index contributed by atoms with van der Waals surface area (Å²) in [5.74, 6) is 0.0680. The maximum Gasteiger partial charge on any atom is 0.211 e. The Kier molecular flexibility index (Phi) is 7.55. The lowest BCUT2D eigenvalue weighted by atomic mass is 10.1. The second kappa shape index (κ2) is 8.90. The quantitative estimate of drug-likeness (QED) is 0.812. The zero-order valence-electron chi connectivity index (χ0n) is 12.2. The van der Waals surface area contributed by atoms with E-state index >= 15 is 0 Å². The average Bonchev–Trinajstić information content (AvgIpc) is 2.53. The van der Waals surface area contributed by atoms with E-state index in [1.165, 1.54) is 0 Å². The van der Waals surface area contributed by atoms with Crippen molar-refractivity contribution in [2.45, 2.75) is 12.5 Å². The van der Waals surface area contributed by atoms with Gasteiger partial charge in [0.15, 0.2) is 0 Å². The first kappa shape index (κ1) is 18.6. The van der Waals surface area contributed by atoms with Crippen LogP contribution in [0, 0.1) is 0 Å². The Hall–Kier alpha value is -1.40. The van der Waals surface area contributed by atoms with Crippen molar-refractivity contribution in [1.29, 1.82) is 0 Å². The van der Waals surface area contributed by atoms with Crippen LogP contribution in [-0.2, 0) is 16.4 Å². The second-order valence-electron chi connectivity index (χ2n) is 4.92. The van der Waals surface area contributed by atoms with Crippen molar-refractivity contribution in [3.63, 3.8) is 0 Å². The lowest BCUT2D eigenvalue weighted by Gasteiger charge is -2.13. The molecule has 0 aliphatic carbocycles. The van der Waals surface area contributed by atoms with Crippen LogP contribution < -0.4 is 10.5 Å². The first-order valence-corrected chi connectivity index (χ1v) is 8.54. The maximum atomic E-state index is 12.0. The van der Waals surface area contributed by atoms with Crippen LogP contribution in [0.5, 0.6) is 0 Å². The molecule has 0 saturated carbocycles. The third-order valence-electron chi connectivity index (χ3n) is 3.25. The van der Waals surface area contributed by atoms with Crippen molar-refractivity contribution in [3.8, 4) is 0 Å². The number of sulfonamides is 1. The summed E-state index contributed by atoms with van der Waals surface area (Å²) in [6.07, 6.45) is 0.497. The van der Waals surface area contributed by atoms with Gasteiger partial charge in [0.25, 0.3) is 0 Å². The molecule has 2 aromatic carbocycles. The Balaban J connectivity index is 0.00000242. The standard InChI is InChI=1S/C16H20N2O2S.ClH/c17-16(15-9-5-2-6-10-15)13-18-21(19,20)12-11-14-7-3-1-4-8-14;/h1-10,16,18H,11-13,17H2;1H. The number of nitrogens with two attached hydrogens (primary N) is 1. The van der Waals surface area contributed by atoms with Crippen LogP contribution in [0.1, 0.15) is 17.2 Å². The number of halogens is 1. The maximum absolute atomic E-state index is 12.0. The molecular weight excluding hydrogens is 320 g/mol. The van der Waals surface area contributed by atoms with Gasteiger partial charge in [-0.25, -0.2) is 13.1 Å². The number of aryl methyl sites for hydroxylation is 1. The normalized spacial score (nSPS) is 12.4. The van der Waals surface area contributed by atoms with Gasteiger partial charge in [-0.3, -0.25) is 0 Å². The minimum Gasteiger partial charge on any atom is -0.323 e. The van der Waals surface area contributed by atoms with Gasteiger partial charge in [0.05, 0.1) is 5.75 Å². The molecule has 0 radical (unpaired) electrons. The molecule has 2 aromatic rings. The molecular formula is C16H21ClN2O2S. The van der Waals surface area contributed by atoms with Gasteiger partial charge >= 0.3 is 0 Å². The molecule has 0 bridgehead atoms. The average molecular weight is 341 g/mol. The van der Waals surface area contributed by atoms with Gasteiger partial charge in [-0.05, 0) is 17.5 Å². The largest absolute Gasteiger partial charge is 0.323 e. The minimum absolute atomic E-state index is 0. The monoisotopic (exact) mass is 340 g/mol. The molecule has 4 nitrogen and oxygen atoms in total. The molecule has 0 saturated heterocycles. The van der Waals surface area contributed by atoms with E-state index in [4.69, 9.17) is 5.73 Å². The van der Waals surface area contributed by atoms with E-state index in [2.05, 4.69) is 4.72 Å². The van der Waals surface area contributed by atoms with E-state index in [9.17, 15) is 8.42 Å². The molecule has 0 aromatic heterocycles. The van der Waals surface area contributed by atoms with E-state index < -0.39 is 10.0 Å². The van der Waals surface area contributed by atoms with Crippen molar-refractivity contribution in [2.24, 2.45) is 5.73 Å². The SMILES string of the molecule is Cl.NC(CNS(=O)(=O)CCc1ccccc1)c1ccccc1. The molecule has 3 N–H and O–H groups in total. The highest BCUT2D eigenvalue weighted by Crippen LogP contribution is 2.08. The van der Waals surface area contributed by atoms with Gasteiger partial charge in [0, 0.05) is 12.6 Å². The van der Waals surface area contributed by atoms with Crippen LogP contribution in [0.4, 0.5) is 0 Å². The Morgan fingerprint density at radius 1 is 0.955 bits per heavy atom. The molecule has 0 aliphatic rings. The van der Waals surface area contributed by atoms with Gasteiger partial charge in [-0.1, -0.05) is 60.7 Å². The van der Waals surface area contributed by atoms with E-state index in [-0.39, 0.29) is 30.7 Å². The molecule has 0 spiro atoms. The van der Waals surface area contributed by atoms with Gasteiger partial charge in [0.2, 0.25) is 10.0 Å². The van der Waals surface area contributed by atoms with Crippen molar-refractivity contribution >= 4 is 22.4 Å². The number of nitrogens with one attached hydrogen (secondary N) is 1. The van der Waals surface area contributed by atoms with E-state index in [1.54, 1.807) is 0 Å². The lowest BCUT2D eigenvalue weighted by Crippen LogP contribution is -2.34. The molecule has 0 aliphatic heterocycles. The van der Waals surface area contributed by atoms with Crippen LogP contribution in [0.25, 0.3) is 0 Å². The predicted octanol–water partition coefficient (Wildman–Crippen LogP) is 2.27. The second-order valence-corrected chi connectivity index (χ2v) is 6.85. The van der Waals surface area contributed by atoms with Crippen molar-refractivity contribution in [2.75, 3.05) is 12.3 Å². The van der Waals surface area contributed by atoms with Gasteiger partial charge < -0.3 is 5.73 Å². The Labute approximate surface area is 138 Å². The summed E-state index contributed by atoms with van der Waals surface area (Å²) in [5.41, 5.74) is 7.91. The molecule has 120 valence electrons. The van der Waals surface area contributed by atoms with Gasteiger partial charge in [-0.2, -0.15) is 0 Å². The molecule has 0 heterocycles. The predicted molar refractivity (Wildman–Crippen MR) is 92.6 cm³/mol.